The summed E-state index contributed by atoms with van der Waals surface area (Å²) in [5.41, 5.74) is -0.178. The van der Waals surface area contributed by atoms with Crippen LogP contribution in [-0.2, 0) is 4.57 Å². The first-order chi connectivity index (χ1) is 9.52. The number of benzene rings is 2. The van der Waals surface area contributed by atoms with Crippen LogP contribution in [0.1, 0.15) is 20.7 Å². The quantitative estimate of drug-likeness (QED) is 0.838. The molecular formula is C14H10O5P+. The summed E-state index contributed by atoms with van der Waals surface area (Å²) in [4.78, 5) is 22.3. The molecule has 0 heterocycles. The molecule has 20 heavy (non-hydrogen) atoms. The maximum Gasteiger partial charge on any atom is 0.417 e. The first-order valence-corrected chi connectivity index (χ1v) is 6.90. The summed E-state index contributed by atoms with van der Waals surface area (Å²) in [6.45, 7) is 0. The van der Waals surface area contributed by atoms with Crippen molar-refractivity contribution in [2.24, 2.45) is 0 Å². The zero-order valence-corrected chi connectivity index (χ0v) is 11.1. The van der Waals surface area contributed by atoms with Crippen molar-refractivity contribution < 1.29 is 24.4 Å². The minimum Gasteiger partial charge on any atom is -0.478 e. The van der Waals surface area contributed by atoms with E-state index in [1.54, 1.807) is 12.1 Å². The van der Waals surface area contributed by atoms with Gasteiger partial charge in [-0.2, -0.15) is 0 Å². The first kappa shape index (κ1) is 13.9. The van der Waals surface area contributed by atoms with Crippen molar-refractivity contribution in [1.82, 2.24) is 0 Å². The fourth-order valence-corrected chi connectivity index (χ4v) is 3.27. The molecule has 2 N–H and O–H groups in total. The number of hydrogen-bond acceptors (Lipinski definition) is 3. The molecule has 2 aromatic rings. The van der Waals surface area contributed by atoms with Crippen molar-refractivity contribution in [1.29, 1.82) is 0 Å². The highest BCUT2D eigenvalue weighted by Gasteiger charge is 2.33. The lowest BCUT2D eigenvalue weighted by atomic mass is 10.2. The molecule has 2 aromatic carbocycles. The topological polar surface area (TPSA) is 91.7 Å². The van der Waals surface area contributed by atoms with Crippen molar-refractivity contribution in [3.63, 3.8) is 0 Å². The third kappa shape index (κ3) is 2.58. The zero-order chi connectivity index (χ0) is 14.7. The normalized spacial score (nSPS) is 10.0. The van der Waals surface area contributed by atoms with E-state index in [0.29, 0.717) is 0 Å². The Hall–Kier alpha value is -2.52. The number of carboxylic acid groups (broad SMARTS) is 2. The molecule has 2 rings (SSSR count). The van der Waals surface area contributed by atoms with E-state index in [2.05, 4.69) is 0 Å². The second kappa shape index (κ2) is 5.63. The van der Waals surface area contributed by atoms with Gasteiger partial charge in [-0.05, 0) is 24.3 Å². The molecule has 0 atom stereocenters. The van der Waals surface area contributed by atoms with Crippen molar-refractivity contribution >= 4 is 30.3 Å². The van der Waals surface area contributed by atoms with Gasteiger partial charge < -0.3 is 10.2 Å². The molecule has 0 saturated heterocycles. The van der Waals surface area contributed by atoms with Crippen LogP contribution in [0.5, 0.6) is 0 Å². The lowest BCUT2D eigenvalue weighted by molar-refractivity contribution is 0.0688. The molecule has 0 aliphatic carbocycles. The third-order valence-electron chi connectivity index (χ3n) is 2.71. The molecule has 0 spiro atoms. The maximum atomic E-state index is 12.5. The van der Waals surface area contributed by atoms with E-state index in [4.69, 9.17) is 10.2 Å². The van der Waals surface area contributed by atoms with Crippen LogP contribution in [0.4, 0.5) is 0 Å². The molecule has 0 aliphatic rings. The molecular weight excluding hydrogens is 279 g/mol. The van der Waals surface area contributed by atoms with Gasteiger partial charge in [-0.1, -0.05) is 28.8 Å². The van der Waals surface area contributed by atoms with Crippen LogP contribution in [0.2, 0.25) is 0 Å². The van der Waals surface area contributed by atoms with Crippen molar-refractivity contribution in [3.05, 3.63) is 59.7 Å². The van der Waals surface area contributed by atoms with Gasteiger partial charge in [0.05, 0.1) is 0 Å². The summed E-state index contributed by atoms with van der Waals surface area (Å²) in [6.07, 6.45) is 0. The Bertz CT molecular complexity index is 649. The predicted octanol–water partition coefficient (Wildman–Crippen LogP) is 1.86. The second-order valence-corrected chi connectivity index (χ2v) is 5.49. The van der Waals surface area contributed by atoms with E-state index >= 15 is 0 Å². The number of hydrogen-bond donors (Lipinski definition) is 2. The van der Waals surface area contributed by atoms with E-state index < -0.39 is 19.7 Å². The maximum absolute atomic E-state index is 12.5. The molecule has 0 fully saturated rings. The van der Waals surface area contributed by atoms with Crippen molar-refractivity contribution in [2.75, 3.05) is 0 Å². The van der Waals surface area contributed by atoms with E-state index in [9.17, 15) is 14.2 Å². The van der Waals surface area contributed by atoms with E-state index in [1.807, 2.05) is 0 Å². The second-order valence-electron chi connectivity index (χ2n) is 3.94. The van der Waals surface area contributed by atoms with Crippen LogP contribution >= 0.6 is 7.80 Å². The minimum absolute atomic E-state index is 0.0891. The Morgan fingerprint density at radius 2 is 1.10 bits per heavy atom. The molecule has 5 nitrogen and oxygen atoms in total. The monoisotopic (exact) mass is 289 g/mol. The summed E-state index contributed by atoms with van der Waals surface area (Å²) < 4.78 is 12.5. The van der Waals surface area contributed by atoms with E-state index in [1.165, 1.54) is 36.4 Å². The summed E-state index contributed by atoms with van der Waals surface area (Å²) in [5, 5.41) is 18.4. The fourth-order valence-electron chi connectivity index (χ4n) is 1.79. The van der Waals surface area contributed by atoms with Crippen LogP contribution in [0.25, 0.3) is 0 Å². The molecule has 0 saturated carbocycles. The predicted molar refractivity (Wildman–Crippen MR) is 73.7 cm³/mol. The molecule has 0 radical (unpaired) electrons. The molecule has 0 aliphatic heterocycles. The molecule has 0 amide bonds. The van der Waals surface area contributed by atoms with Crippen LogP contribution in [0, 0.1) is 0 Å². The summed E-state index contributed by atoms with van der Waals surface area (Å²) in [5.74, 6) is -2.39. The Morgan fingerprint density at radius 1 is 0.750 bits per heavy atom. The van der Waals surface area contributed by atoms with Gasteiger partial charge in [-0.25, -0.2) is 9.59 Å². The van der Waals surface area contributed by atoms with Gasteiger partial charge in [0.25, 0.3) is 0 Å². The van der Waals surface area contributed by atoms with Gasteiger partial charge in [0.1, 0.15) is 11.1 Å². The average molecular weight is 289 g/mol. The number of carbonyl (C=O) groups is 2. The highest BCUT2D eigenvalue weighted by molar-refractivity contribution is 7.61. The molecule has 0 unspecified atom stereocenters. The van der Waals surface area contributed by atoms with Crippen LogP contribution in [0.15, 0.2) is 48.5 Å². The zero-order valence-electron chi connectivity index (χ0n) is 10.2. The van der Waals surface area contributed by atoms with Crippen LogP contribution < -0.4 is 10.6 Å². The Balaban J connectivity index is 2.59. The van der Waals surface area contributed by atoms with E-state index in [-0.39, 0.29) is 21.7 Å². The molecule has 0 aromatic heterocycles. The summed E-state index contributed by atoms with van der Waals surface area (Å²) >= 11 is 0. The standard InChI is InChI=1S/C14H9O5P/c15-13(16)9-5-1-3-7-11(9)20(19)12-8-4-2-6-10(12)14(17)18/h1-8H,(H-,15,16,17,18)/p+1. The van der Waals surface area contributed by atoms with Gasteiger partial charge >= 0.3 is 19.7 Å². The SMILES string of the molecule is O=C(O)c1ccccc1[P+](=O)c1ccccc1C(=O)O. The number of aromatic carboxylic acids is 2. The third-order valence-corrected chi connectivity index (χ3v) is 4.36. The lowest BCUT2D eigenvalue weighted by Crippen LogP contribution is -2.19. The Morgan fingerprint density at radius 3 is 1.45 bits per heavy atom. The Kier molecular flexibility index (Phi) is 3.91. The van der Waals surface area contributed by atoms with Gasteiger partial charge in [0.2, 0.25) is 10.6 Å². The van der Waals surface area contributed by atoms with Crippen molar-refractivity contribution in [3.8, 4) is 0 Å². The Labute approximate surface area is 115 Å². The highest BCUT2D eigenvalue weighted by Crippen LogP contribution is 2.23. The minimum atomic E-state index is -2.29. The van der Waals surface area contributed by atoms with Crippen LogP contribution in [0.3, 0.4) is 0 Å². The molecule has 0 bridgehead atoms. The van der Waals surface area contributed by atoms with Gasteiger partial charge in [-0.3, -0.25) is 0 Å². The molecule has 6 heteroatoms. The van der Waals surface area contributed by atoms with Crippen LogP contribution in [-0.4, -0.2) is 22.2 Å². The number of rotatable bonds is 4. The smallest absolute Gasteiger partial charge is 0.417 e. The first-order valence-electron chi connectivity index (χ1n) is 5.64. The van der Waals surface area contributed by atoms with E-state index in [0.717, 1.165) is 0 Å². The van der Waals surface area contributed by atoms with Gasteiger partial charge in [-0.15, -0.1) is 0 Å². The van der Waals surface area contributed by atoms with Gasteiger partial charge in [0, 0.05) is 0 Å². The fraction of sp³-hybridized carbons (Fsp3) is 0. The number of carboxylic acids is 2. The lowest BCUT2D eigenvalue weighted by Gasteiger charge is -1.98. The van der Waals surface area contributed by atoms with Gasteiger partial charge in [0.15, 0.2) is 0 Å². The summed E-state index contributed by atoms with van der Waals surface area (Å²) in [6, 6.07) is 11.7. The molecule has 100 valence electrons. The largest absolute Gasteiger partial charge is 0.478 e. The highest BCUT2D eigenvalue weighted by atomic mass is 31.1. The summed E-state index contributed by atoms with van der Waals surface area (Å²) in [7, 11) is -2.29. The average Bonchev–Trinajstić information content (AvgIpc) is 2.46. The van der Waals surface area contributed by atoms with Crippen molar-refractivity contribution in [2.45, 2.75) is 0 Å².